The summed E-state index contributed by atoms with van der Waals surface area (Å²) in [5.41, 5.74) is 0.907. The van der Waals surface area contributed by atoms with Crippen LogP contribution in [0.4, 0.5) is 92.2 Å². The zero-order valence-electron chi connectivity index (χ0n) is 26.8. The molecule has 1 aromatic carbocycles. The normalized spacial score (nSPS) is 14.8. The lowest BCUT2D eigenvalue weighted by Gasteiger charge is -2.43. The summed E-state index contributed by atoms with van der Waals surface area (Å²) in [6.45, 7) is -0.821. The number of hydrogen-bond acceptors (Lipinski definition) is 4. The quantitative estimate of drug-likeness (QED) is 0.0985. The highest BCUT2D eigenvalue weighted by atomic mass is 19.4. The highest BCUT2D eigenvalue weighted by molar-refractivity contribution is 5.55. The first-order valence-electron chi connectivity index (χ1n) is 14.9. The van der Waals surface area contributed by atoms with Gasteiger partial charge in [-0.15, -0.1) is 0 Å². The van der Waals surface area contributed by atoms with E-state index < -0.39 is 72.2 Å². The molecule has 0 saturated carbocycles. The van der Waals surface area contributed by atoms with Crippen LogP contribution >= 0.6 is 0 Å². The van der Waals surface area contributed by atoms with Crippen molar-refractivity contribution in [1.29, 1.82) is 0 Å². The van der Waals surface area contributed by atoms with Gasteiger partial charge in [0.25, 0.3) is 0 Å². The maximum atomic E-state index is 14.1. The number of alkyl halides is 21. The van der Waals surface area contributed by atoms with Crippen molar-refractivity contribution in [2.75, 3.05) is 6.61 Å². The van der Waals surface area contributed by atoms with Crippen molar-refractivity contribution in [3.05, 3.63) is 42.2 Å². The summed E-state index contributed by atoms with van der Waals surface area (Å²) in [7, 11) is 0. The number of ether oxygens (including phenoxy) is 2. The number of aryl methyl sites for hydroxylation is 1. The van der Waals surface area contributed by atoms with Crippen LogP contribution in [-0.2, 0) is 11.2 Å². The van der Waals surface area contributed by atoms with Gasteiger partial charge in [-0.2, -0.15) is 92.2 Å². The number of halogens is 21. The van der Waals surface area contributed by atoms with Crippen molar-refractivity contribution < 1.29 is 102 Å². The van der Waals surface area contributed by atoms with Crippen LogP contribution in [0.2, 0.25) is 0 Å². The Balaban J connectivity index is 2.21. The van der Waals surface area contributed by atoms with E-state index in [2.05, 4.69) is 21.6 Å². The molecule has 0 saturated heterocycles. The molecule has 0 aliphatic rings. The van der Waals surface area contributed by atoms with Gasteiger partial charge in [0.2, 0.25) is 0 Å². The number of benzene rings is 1. The van der Waals surface area contributed by atoms with E-state index in [9.17, 15) is 92.2 Å². The first-order chi connectivity index (χ1) is 24.2. The van der Waals surface area contributed by atoms with E-state index in [1.54, 1.807) is 4.74 Å². The SMILES string of the molecule is CCCCCCCCc1cnc(-c2ccc(OCC(F)(F)C(F)(F)OC(F)(F)C(F)(F)C(F)(F)C(F)(F)C(F)(F)C(F)(F)C(F)(F)C(F)(F)F)cc2)nc1. The van der Waals surface area contributed by atoms with Crippen molar-refractivity contribution in [1.82, 2.24) is 9.97 Å². The second-order valence-electron chi connectivity index (χ2n) is 11.5. The van der Waals surface area contributed by atoms with Gasteiger partial charge in [-0.25, -0.2) is 14.7 Å². The van der Waals surface area contributed by atoms with Crippen LogP contribution < -0.4 is 4.74 Å². The van der Waals surface area contributed by atoms with Crippen LogP contribution in [0, 0.1) is 0 Å². The van der Waals surface area contributed by atoms with E-state index in [0.717, 1.165) is 68.4 Å². The van der Waals surface area contributed by atoms with E-state index in [1.165, 1.54) is 12.4 Å². The molecule has 0 N–H and O–H groups in total. The molecule has 2 rings (SSSR count). The van der Waals surface area contributed by atoms with Crippen LogP contribution in [0.15, 0.2) is 36.7 Å². The molecule has 0 fully saturated rings. The molecule has 0 spiro atoms. The largest absolute Gasteiger partial charge is 0.487 e. The minimum absolute atomic E-state index is 0.0413. The topological polar surface area (TPSA) is 44.2 Å². The number of unbranched alkanes of at least 4 members (excludes halogenated alkanes) is 5. The van der Waals surface area contributed by atoms with Crippen LogP contribution in [0.25, 0.3) is 11.4 Å². The van der Waals surface area contributed by atoms with Crippen molar-refractivity contribution in [3.63, 3.8) is 0 Å². The molecule has 0 amide bonds. The molecule has 54 heavy (non-hydrogen) atoms. The Kier molecular flexibility index (Phi) is 13.5. The smallest absolute Gasteiger partial charge is 0.460 e. The highest BCUT2D eigenvalue weighted by Gasteiger charge is 2.96. The lowest BCUT2D eigenvalue weighted by molar-refractivity contribution is -0.511. The van der Waals surface area contributed by atoms with Gasteiger partial charge in [0, 0.05) is 18.0 Å². The molecule has 310 valence electrons. The maximum Gasteiger partial charge on any atom is 0.460 e. The lowest BCUT2D eigenvalue weighted by Crippen LogP contribution is -2.75. The summed E-state index contributed by atoms with van der Waals surface area (Å²) in [6, 6.07) is 3.57. The molecule has 0 radical (unpaired) electrons. The zero-order valence-corrected chi connectivity index (χ0v) is 26.8. The fraction of sp³-hybridized carbons (Fsp3) is 0.655. The van der Waals surface area contributed by atoms with Crippen molar-refractivity contribution in [2.24, 2.45) is 0 Å². The van der Waals surface area contributed by atoms with Gasteiger partial charge in [-0.05, 0) is 42.7 Å². The summed E-state index contributed by atoms with van der Waals surface area (Å²) in [5, 5.41) is 0. The average Bonchev–Trinajstić information content (AvgIpc) is 3.04. The average molecular weight is 832 g/mol. The molecule has 0 atom stereocenters. The molecule has 0 aliphatic carbocycles. The second-order valence-corrected chi connectivity index (χ2v) is 11.5. The van der Waals surface area contributed by atoms with Gasteiger partial charge in [0.05, 0.1) is 0 Å². The van der Waals surface area contributed by atoms with E-state index in [0.29, 0.717) is 6.42 Å². The number of hydrogen-bond donors (Lipinski definition) is 0. The molecule has 0 bridgehead atoms. The summed E-state index contributed by atoms with van der Waals surface area (Å²) < 4.78 is 289. The summed E-state index contributed by atoms with van der Waals surface area (Å²) in [5.74, 6) is -60.4. The molecule has 1 aromatic heterocycles. The Morgan fingerprint density at radius 1 is 0.500 bits per heavy atom. The third-order valence-corrected chi connectivity index (χ3v) is 7.43. The molecule has 0 unspecified atom stereocenters. The predicted octanol–water partition coefficient (Wildman–Crippen LogP) is 11.6. The number of rotatable bonds is 20. The van der Waals surface area contributed by atoms with Gasteiger partial charge in [0.15, 0.2) is 12.4 Å². The van der Waals surface area contributed by atoms with Crippen LogP contribution in [0.1, 0.15) is 51.0 Å². The Morgan fingerprint density at radius 2 is 0.926 bits per heavy atom. The Hall–Kier alpha value is -3.41. The zero-order chi connectivity index (χ0) is 42.0. The highest BCUT2D eigenvalue weighted by Crippen LogP contribution is 2.64. The van der Waals surface area contributed by atoms with Gasteiger partial charge < -0.3 is 4.74 Å². The molecular weight excluding hydrogens is 807 g/mol. The Bertz CT molecular complexity index is 1510. The van der Waals surface area contributed by atoms with Crippen molar-refractivity contribution >= 4 is 0 Å². The molecule has 0 aliphatic heterocycles. The molecule has 4 nitrogen and oxygen atoms in total. The van der Waals surface area contributed by atoms with Gasteiger partial charge in [-0.1, -0.05) is 39.0 Å². The fourth-order valence-corrected chi connectivity index (χ4v) is 4.15. The molecular formula is C29H25F21N2O2. The minimum Gasteiger partial charge on any atom is -0.487 e. The third kappa shape index (κ3) is 8.68. The van der Waals surface area contributed by atoms with E-state index in [-0.39, 0.29) is 11.4 Å². The van der Waals surface area contributed by atoms with Crippen LogP contribution in [0.3, 0.4) is 0 Å². The molecule has 1 heterocycles. The lowest BCUT2D eigenvalue weighted by atomic mass is 9.90. The number of aromatic nitrogens is 2. The van der Waals surface area contributed by atoms with E-state index in [4.69, 9.17) is 0 Å². The summed E-state index contributed by atoms with van der Waals surface area (Å²) in [6.07, 6.45) is -13.8. The first kappa shape index (κ1) is 46.7. The molecule has 25 heteroatoms. The summed E-state index contributed by atoms with van der Waals surface area (Å²) >= 11 is 0. The third-order valence-electron chi connectivity index (χ3n) is 7.43. The fourth-order valence-electron chi connectivity index (χ4n) is 4.15. The standard InChI is InChI=1S/C29H25F21N2O2/c1-2-3-4-5-6-7-8-16-13-51-19(52-14-16)17-9-11-18(12-10-17)53-15-20(30,31)28(47,48)54-29(49,50)26(42,43)24(38,39)22(34,35)21(32,33)23(36,37)25(40,41)27(44,45)46/h9-14H,2-8,15H2,1H3. The van der Waals surface area contributed by atoms with Gasteiger partial charge in [-0.3, -0.25) is 0 Å². The minimum atomic E-state index is -9.12. The van der Waals surface area contributed by atoms with Crippen molar-refractivity contribution in [3.8, 4) is 17.1 Å². The monoisotopic (exact) mass is 832 g/mol. The summed E-state index contributed by atoms with van der Waals surface area (Å²) in [4.78, 5) is 8.16. The van der Waals surface area contributed by atoms with E-state index >= 15 is 0 Å². The van der Waals surface area contributed by atoms with Crippen molar-refractivity contribution in [2.45, 2.75) is 112 Å². The maximum absolute atomic E-state index is 14.1. The van der Waals surface area contributed by atoms with Crippen LogP contribution in [-0.4, -0.2) is 76.4 Å². The van der Waals surface area contributed by atoms with Crippen LogP contribution in [0.5, 0.6) is 5.75 Å². The van der Waals surface area contributed by atoms with Gasteiger partial charge >= 0.3 is 59.9 Å². The Morgan fingerprint density at radius 3 is 1.39 bits per heavy atom. The predicted molar refractivity (Wildman–Crippen MR) is 142 cm³/mol. The van der Waals surface area contributed by atoms with E-state index in [1.807, 2.05) is 0 Å². The first-order valence-corrected chi connectivity index (χ1v) is 14.9. The second kappa shape index (κ2) is 15.6. The van der Waals surface area contributed by atoms with Gasteiger partial charge in [0.1, 0.15) is 5.75 Å². The number of nitrogens with zero attached hydrogens (tertiary/aromatic N) is 2. The molecule has 2 aromatic rings. The Labute approximate surface area is 290 Å².